The molecular formula is C30H39N3O7. The molecule has 0 bridgehead atoms. The second kappa shape index (κ2) is 14.9. The SMILES string of the molecule is CC(=O)N[C@H](C(=O)C[C@@H](Cc1cccc2ccccc12)C(=O)N[C@@H](C)C(=O)C[C@@H](CCC(=O)O)C(N)=O)C(C)C. The zero-order chi connectivity index (χ0) is 30.0. The zero-order valence-corrected chi connectivity index (χ0v) is 23.4. The van der Waals surface area contributed by atoms with Gasteiger partial charge in [0.15, 0.2) is 11.6 Å². The fourth-order valence-corrected chi connectivity index (χ4v) is 4.68. The number of ketones is 2. The van der Waals surface area contributed by atoms with Gasteiger partial charge in [-0.05, 0) is 42.0 Å². The van der Waals surface area contributed by atoms with Crippen LogP contribution in [0.2, 0.25) is 0 Å². The molecule has 0 aromatic heterocycles. The number of carboxylic acids is 1. The fourth-order valence-electron chi connectivity index (χ4n) is 4.68. The van der Waals surface area contributed by atoms with E-state index in [0.29, 0.717) is 0 Å². The third-order valence-electron chi connectivity index (χ3n) is 6.94. The Morgan fingerprint density at radius 3 is 2.08 bits per heavy atom. The average Bonchev–Trinajstić information content (AvgIpc) is 2.88. The molecule has 216 valence electrons. The molecule has 0 saturated heterocycles. The highest BCUT2D eigenvalue weighted by molar-refractivity contribution is 5.96. The fraction of sp³-hybridized carbons (Fsp3) is 0.467. The minimum Gasteiger partial charge on any atom is -0.481 e. The van der Waals surface area contributed by atoms with Crippen LogP contribution in [0.5, 0.6) is 0 Å². The van der Waals surface area contributed by atoms with E-state index < -0.39 is 47.5 Å². The Morgan fingerprint density at radius 1 is 0.850 bits per heavy atom. The van der Waals surface area contributed by atoms with E-state index in [0.717, 1.165) is 16.3 Å². The van der Waals surface area contributed by atoms with Crippen molar-refractivity contribution in [1.29, 1.82) is 0 Å². The van der Waals surface area contributed by atoms with E-state index in [1.165, 1.54) is 13.8 Å². The number of hydrogen-bond acceptors (Lipinski definition) is 6. The standard InChI is InChI=1S/C30H39N3O7/c1-17(2)28(33-19(4)34)26(36)16-23(14-21-10-7-9-20-8-5-6-11-24(20)21)30(40)32-18(3)25(35)15-22(29(31)39)12-13-27(37)38/h5-11,17-18,22-23,28H,12-16H2,1-4H3,(H2,31,39)(H,32,40)(H,33,34)(H,37,38)/t18-,22+,23+,28-/m0/s1. The molecule has 0 heterocycles. The maximum absolute atomic E-state index is 13.5. The number of carboxylic acid groups (broad SMARTS) is 1. The molecule has 4 atom stereocenters. The van der Waals surface area contributed by atoms with Crippen molar-refractivity contribution >= 4 is 46.0 Å². The normalized spacial score (nSPS) is 14.1. The molecule has 0 unspecified atom stereocenters. The number of fused-ring (bicyclic) bond motifs is 1. The first kappa shape index (κ1) is 32.1. The smallest absolute Gasteiger partial charge is 0.303 e. The van der Waals surface area contributed by atoms with Crippen molar-refractivity contribution in [3.05, 3.63) is 48.0 Å². The molecule has 2 aromatic carbocycles. The Labute approximate surface area is 234 Å². The number of amides is 3. The number of nitrogens with two attached hydrogens (primary N) is 1. The summed E-state index contributed by atoms with van der Waals surface area (Å²) in [7, 11) is 0. The number of benzene rings is 2. The van der Waals surface area contributed by atoms with Crippen LogP contribution >= 0.6 is 0 Å². The number of Topliss-reactive ketones (excluding diaryl/α,β-unsaturated/α-hetero) is 2. The van der Waals surface area contributed by atoms with Gasteiger partial charge in [-0.1, -0.05) is 56.3 Å². The molecule has 2 aromatic rings. The second-order valence-corrected chi connectivity index (χ2v) is 10.6. The van der Waals surface area contributed by atoms with Gasteiger partial charge in [0.05, 0.1) is 12.1 Å². The number of carbonyl (C=O) groups is 6. The number of aliphatic carboxylic acids is 1. The van der Waals surface area contributed by atoms with Gasteiger partial charge < -0.3 is 21.5 Å². The summed E-state index contributed by atoms with van der Waals surface area (Å²) < 4.78 is 0. The van der Waals surface area contributed by atoms with E-state index in [2.05, 4.69) is 10.6 Å². The van der Waals surface area contributed by atoms with Crippen molar-refractivity contribution < 1.29 is 33.9 Å². The van der Waals surface area contributed by atoms with E-state index in [1.807, 2.05) is 42.5 Å². The summed E-state index contributed by atoms with van der Waals surface area (Å²) in [5.41, 5.74) is 6.21. The molecule has 0 spiro atoms. The highest BCUT2D eigenvalue weighted by atomic mass is 16.4. The van der Waals surface area contributed by atoms with Gasteiger partial charge in [0, 0.05) is 38.0 Å². The zero-order valence-electron chi connectivity index (χ0n) is 23.4. The number of carbonyl (C=O) groups excluding carboxylic acids is 5. The number of nitrogens with one attached hydrogen (secondary N) is 2. The molecule has 40 heavy (non-hydrogen) atoms. The summed E-state index contributed by atoms with van der Waals surface area (Å²) in [4.78, 5) is 74.0. The van der Waals surface area contributed by atoms with Gasteiger partial charge in [0.1, 0.15) is 0 Å². The second-order valence-electron chi connectivity index (χ2n) is 10.6. The van der Waals surface area contributed by atoms with Gasteiger partial charge in [0.2, 0.25) is 17.7 Å². The van der Waals surface area contributed by atoms with E-state index >= 15 is 0 Å². The van der Waals surface area contributed by atoms with Crippen molar-refractivity contribution in [2.45, 2.75) is 71.9 Å². The van der Waals surface area contributed by atoms with Crippen molar-refractivity contribution in [2.24, 2.45) is 23.5 Å². The van der Waals surface area contributed by atoms with Crippen molar-refractivity contribution in [2.75, 3.05) is 0 Å². The molecule has 2 rings (SSSR count). The van der Waals surface area contributed by atoms with Crippen LogP contribution in [-0.4, -0.2) is 52.4 Å². The lowest BCUT2D eigenvalue weighted by Gasteiger charge is -2.25. The first-order chi connectivity index (χ1) is 18.8. The minimum atomic E-state index is -1.11. The molecule has 0 aliphatic heterocycles. The van der Waals surface area contributed by atoms with E-state index in [9.17, 15) is 28.8 Å². The minimum absolute atomic E-state index is 0.0883. The molecule has 0 aliphatic rings. The quantitative estimate of drug-likeness (QED) is 0.247. The largest absolute Gasteiger partial charge is 0.481 e. The van der Waals surface area contributed by atoms with Gasteiger partial charge in [-0.2, -0.15) is 0 Å². The third kappa shape index (κ3) is 9.59. The van der Waals surface area contributed by atoms with Crippen LogP contribution in [0.4, 0.5) is 0 Å². The summed E-state index contributed by atoms with van der Waals surface area (Å²) in [5.74, 6) is -5.56. The molecule has 5 N–H and O–H groups in total. The van der Waals surface area contributed by atoms with Crippen LogP contribution in [0, 0.1) is 17.8 Å². The summed E-state index contributed by atoms with van der Waals surface area (Å²) in [5, 5.41) is 16.2. The summed E-state index contributed by atoms with van der Waals surface area (Å²) >= 11 is 0. The first-order valence-corrected chi connectivity index (χ1v) is 13.4. The lowest BCUT2D eigenvalue weighted by molar-refractivity contribution is -0.138. The third-order valence-corrected chi connectivity index (χ3v) is 6.94. The summed E-state index contributed by atoms with van der Waals surface area (Å²) in [6.07, 6.45) is -0.666. The highest BCUT2D eigenvalue weighted by Crippen LogP contribution is 2.24. The van der Waals surface area contributed by atoms with Gasteiger partial charge in [-0.25, -0.2) is 0 Å². The molecule has 3 amide bonds. The van der Waals surface area contributed by atoms with E-state index in [1.54, 1.807) is 13.8 Å². The van der Waals surface area contributed by atoms with Crippen molar-refractivity contribution in [1.82, 2.24) is 10.6 Å². The van der Waals surface area contributed by atoms with Gasteiger partial charge in [-0.3, -0.25) is 28.8 Å². The maximum Gasteiger partial charge on any atom is 0.303 e. The average molecular weight is 554 g/mol. The molecule has 0 fully saturated rings. The van der Waals surface area contributed by atoms with Crippen LogP contribution in [0.1, 0.15) is 58.9 Å². The Hall–Kier alpha value is -4.08. The van der Waals surface area contributed by atoms with Crippen LogP contribution < -0.4 is 16.4 Å². The van der Waals surface area contributed by atoms with E-state index in [-0.39, 0.29) is 49.7 Å². The Morgan fingerprint density at radius 2 is 1.48 bits per heavy atom. The number of primary amides is 1. The van der Waals surface area contributed by atoms with Crippen LogP contribution in [-0.2, 0) is 35.2 Å². The van der Waals surface area contributed by atoms with Crippen molar-refractivity contribution in [3.8, 4) is 0 Å². The first-order valence-electron chi connectivity index (χ1n) is 13.4. The maximum atomic E-state index is 13.5. The van der Waals surface area contributed by atoms with Crippen molar-refractivity contribution in [3.63, 3.8) is 0 Å². The summed E-state index contributed by atoms with van der Waals surface area (Å²) in [6.45, 7) is 6.41. The Kier molecular flexibility index (Phi) is 12.0. The Balaban J connectivity index is 2.28. The van der Waals surface area contributed by atoms with Crippen LogP contribution in [0.15, 0.2) is 42.5 Å². The molecule has 10 heteroatoms. The molecule has 10 nitrogen and oxygen atoms in total. The topological polar surface area (TPSA) is 173 Å². The number of hydrogen-bond donors (Lipinski definition) is 4. The Bertz CT molecular complexity index is 1250. The molecular weight excluding hydrogens is 514 g/mol. The molecule has 0 aliphatic carbocycles. The predicted octanol–water partition coefficient (Wildman–Crippen LogP) is 2.55. The lowest BCUT2D eigenvalue weighted by Crippen LogP contribution is -2.47. The highest BCUT2D eigenvalue weighted by Gasteiger charge is 2.31. The van der Waals surface area contributed by atoms with Gasteiger partial charge in [-0.15, -0.1) is 0 Å². The molecule has 0 radical (unpaired) electrons. The van der Waals surface area contributed by atoms with Crippen LogP contribution in [0.3, 0.4) is 0 Å². The molecule has 0 saturated carbocycles. The number of rotatable bonds is 16. The summed E-state index contributed by atoms with van der Waals surface area (Å²) in [6, 6.07) is 11.6. The van der Waals surface area contributed by atoms with Crippen LogP contribution in [0.25, 0.3) is 10.8 Å². The lowest BCUT2D eigenvalue weighted by atomic mass is 9.86. The van der Waals surface area contributed by atoms with Gasteiger partial charge >= 0.3 is 5.97 Å². The van der Waals surface area contributed by atoms with E-state index in [4.69, 9.17) is 10.8 Å². The monoisotopic (exact) mass is 553 g/mol. The van der Waals surface area contributed by atoms with Gasteiger partial charge in [0.25, 0.3) is 0 Å². The predicted molar refractivity (Wildman–Crippen MR) is 150 cm³/mol.